The Morgan fingerprint density at radius 3 is 2.56 bits per heavy atom. The summed E-state index contributed by atoms with van der Waals surface area (Å²) < 4.78 is 38.6. The van der Waals surface area contributed by atoms with Crippen molar-refractivity contribution in [2.45, 2.75) is 39.3 Å². The predicted octanol–water partition coefficient (Wildman–Crippen LogP) is 2.86. The molecule has 1 amide bonds. The van der Waals surface area contributed by atoms with Crippen LogP contribution in [0.5, 0.6) is 0 Å². The highest BCUT2D eigenvalue weighted by Crippen LogP contribution is 2.38. The summed E-state index contributed by atoms with van der Waals surface area (Å²) >= 11 is 0. The number of aromatic nitrogens is 1. The number of nitrogens with one attached hydrogen (secondary N) is 1. The quantitative estimate of drug-likeness (QED) is 0.841. The van der Waals surface area contributed by atoms with Gasteiger partial charge in [-0.15, -0.1) is 0 Å². The first-order valence-corrected chi connectivity index (χ1v) is 5.68. The highest BCUT2D eigenvalue weighted by Gasteiger charge is 2.37. The molecule has 0 fully saturated rings. The van der Waals surface area contributed by atoms with Gasteiger partial charge in [0.25, 0.3) is 0 Å². The minimum Gasteiger partial charge on any atom is -0.326 e. The smallest absolute Gasteiger partial charge is 0.326 e. The van der Waals surface area contributed by atoms with Gasteiger partial charge in [-0.1, -0.05) is 0 Å². The number of rotatable bonds is 1. The number of aryl methyl sites for hydroxylation is 1. The molecule has 98 valence electrons. The van der Waals surface area contributed by atoms with Gasteiger partial charge in [-0.05, 0) is 31.7 Å². The Hall–Kier alpha value is -1.59. The lowest BCUT2D eigenvalue weighted by Crippen LogP contribution is -2.17. The molecule has 18 heavy (non-hydrogen) atoms. The topological polar surface area (TPSA) is 42.0 Å². The fourth-order valence-corrected chi connectivity index (χ4v) is 2.31. The van der Waals surface area contributed by atoms with Crippen LogP contribution in [-0.4, -0.2) is 10.9 Å². The summed E-state index contributed by atoms with van der Waals surface area (Å²) in [5.41, 5.74) is 0.593. The summed E-state index contributed by atoms with van der Waals surface area (Å²) in [6.45, 7) is 2.63. The number of amides is 1. The fraction of sp³-hybridized carbons (Fsp3) is 0.500. The van der Waals surface area contributed by atoms with Gasteiger partial charge in [0.15, 0.2) is 0 Å². The number of nitrogens with zero attached hydrogens (tertiary/aromatic N) is 1. The van der Waals surface area contributed by atoms with Crippen molar-refractivity contribution in [3.05, 3.63) is 22.5 Å². The number of carbonyl (C=O) groups excluding carboxylic acids is 1. The lowest BCUT2D eigenvalue weighted by molar-refractivity contribution is -0.141. The van der Waals surface area contributed by atoms with Crippen molar-refractivity contribution in [3.63, 3.8) is 0 Å². The maximum atomic E-state index is 12.9. The standard InChI is InChI=1S/C12H13F3N2O/c1-6-10(16-7(2)18)8-4-3-5-9(8)17-11(6)12(13,14)15/h3-5H2,1-2H3,(H,16,17,18). The van der Waals surface area contributed by atoms with E-state index in [-0.39, 0.29) is 17.2 Å². The Morgan fingerprint density at radius 1 is 1.33 bits per heavy atom. The molecule has 6 heteroatoms. The van der Waals surface area contributed by atoms with E-state index in [4.69, 9.17) is 0 Å². The SMILES string of the molecule is CC(=O)Nc1c(C)c(C(F)(F)F)nc2c1CCC2. The monoisotopic (exact) mass is 258 g/mol. The molecule has 1 aromatic rings. The van der Waals surface area contributed by atoms with Gasteiger partial charge in [0.2, 0.25) is 5.91 Å². The van der Waals surface area contributed by atoms with E-state index < -0.39 is 11.9 Å². The van der Waals surface area contributed by atoms with E-state index >= 15 is 0 Å². The fourth-order valence-electron chi connectivity index (χ4n) is 2.31. The van der Waals surface area contributed by atoms with Crippen LogP contribution in [0.15, 0.2) is 0 Å². The van der Waals surface area contributed by atoms with Crippen molar-refractivity contribution >= 4 is 11.6 Å². The van der Waals surface area contributed by atoms with Gasteiger partial charge in [-0.3, -0.25) is 4.79 Å². The third-order valence-electron chi connectivity index (χ3n) is 3.04. The maximum Gasteiger partial charge on any atom is 0.433 e. The van der Waals surface area contributed by atoms with Crippen LogP contribution in [0, 0.1) is 6.92 Å². The van der Waals surface area contributed by atoms with E-state index in [0.29, 0.717) is 18.5 Å². The normalized spacial score (nSPS) is 14.5. The van der Waals surface area contributed by atoms with Crippen LogP contribution in [0.25, 0.3) is 0 Å². The van der Waals surface area contributed by atoms with Crippen LogP contribution in [0.1, 0.15) is 35.9 Å². The average molecular weight is 258 g/mol. The molecule has 1 N–H and O–H groups in total. The van der Waals surface area contributed by atoms with Gasteiger partial charge >= 0.3 is 6.18 Å². The molecule has 0 saturated heterocycles. The Bertz CT molecular complexity index is 509. The van der Waals surface area contributed by atoms with Gasteiger partial charge in [0.1, 0.15) is 5.69 Å². The number of alkyl halides is 3. The van der Waals surface area contributed by atoms with E-state index in [0.717, 1.165) is 12.0 Å². The van der Waals surface area contributed by atoms with Crippen LogP contribution in [0.3, 0.4) is 0 Å². The van der Waals surface area contributed by atoms with E-state index in [1.54, 1.807) is 0 Å². The second-order valence-corrected chi connectivity index (χ2v) is 4.42. The third-order valence-corrected chi connectivity index (χ3v) is 3.04. The number of pyridine rings is 1. The molecular formula is C12H13F3N2O. The lowest BCUT2D eigenvalue weighted by Gasteiger charge is -2.17. The Labute approximate surface area is 102 Å². The molecule has 0 aliphatic heterocycles. The summed E-state index contributed by atoms with van der Waals surface area (Å²) in [6, 6.07) is 0. The molecule has 1 aromatic heterocycles. The summed E-state index contributed by atoms with van der Waals surface area (Å²) in [7, 11) is 0. The number of hydrogen-bond donors (Lipinski definition) is 1. The maximum absolute atomic E-state index is 12.9. The first-order valence-electron chi connectivity index (χ1n) is 5.68. The largest absolute Gasteiger partial charge is 0.433 e. The highest BCUT2D eigenvalue weighted by molar-refractivity contribution is 5.91. The van der Waals surface area contributed by atoms with Gasteiger partial charge in [-0.2, -0.15) is 13.2 Å². The molecule has 0 saturated carbocycles. The van der Waals surface area contributed by atoms with Crippen LogP contribution in [-0.2, 0) is 23.8 Å². The zero-order chi connectivity index (χ0) is 13.5. The highest BCUT2D eigenvalue weighted by atomic mass is 19.4. The van der Waals surface area contributed by atoms with Gasteiger partial charge in [-0.25, -0.2) is 4.98 Å². The molecule has 2 rings (SSSR count). The summed E-state index contributed by atoms with van der Waals surface area (Å²) in [4.78, 5) is 14.8. The van der Waals surface area contributed by atoms with Crippen molar-refractivity contribution < 1.29 is 18.0 Å². The van der Waals surface area contributed by atoms with Crippen molar-refractivity contribution in [1.82, 2.24) is 4.98 Å². The molecule has 0 spiro atoms. The van der Waals surface area contributed by atoms with Crippen molar-refractivity contribution in [2.24, 2.45) is 0 Å². The Balaban J connectivity index is 2.63. The molecule has 3 nitrogen and oxygen atoms in total. The second kappa shape index (κ2) is 4.26. The molecule has 0 aromatic carbocycles. The molecule has 1 heterocycles. The van der Waals surface area contributed by atoms with Gasteiger partial charge in [0.05, 0.1) is 5.69 Å². The molecule has 0 atom stereocenters. The summed E-state index contributed by atoms with van der Waals surface area (Å²) in [6.07, 6.45) is -2.52. The van der Waals surface area contributed by atoms with Crippen LogP contribution < -0.4 is 5.32 Å². The molecule has 1 aliphatic carbocycles. The predicted molar refractivity (Wildman–Crippen MR) is 60.3 cm³/mol. The van der Waals surface area contributed by atoms with Crippen molar-refractivity contribution in [2.75, 3.05) is 5.32 Å². The average Bonchev–Trinajstić information content (AvgIpc) is 2.67. The minimum atomic E-state index is -4.49. The second-order valence-electron chi connectivity index (χ2n) is 4.42. The lowest BCUT2D eigenvalue weighted by atomic mass is 10.1. The van der Waals surface area contributed by atoms with E-state index in [1.165, 1.54) is 13.8 Å². The van der Waals surface area contributed by atoms with Crippen LogP contribution >= 0.6 is 0 Å². The minimum absolute atomic E-state index is 0.00153. The van der Waals surface area contributed by atoms with Crippen LogP contribution in [0.2, 0.25) is 0 Å². The van der Waals surface area contributed by atoms with Crippen molar-refractivity contribution in [1.29, 1.82) is 0 Å². The van der Waals surface area contributed by atoms with Gasteiger partial charge in [0, 0.05) is 18.2 Å². The number of carbonyl (C=O) groups is 1. The summed E-state index contributed by atoms with van der Waals surface area (Å²) in [5.74, 6) is -0.369. The number of anilines is 1. The summed E-state index contributed by atoms with van der Waals surface area (Å²) in [5, 5.41) is 2.51. The third kappa shape index (κ3) is 2.19. The number of halogens is 3. The van der Waals surface area contributed by atoms with Gasteiger partial charge < -0.3 is 5.32 Å². The van der Waals surface area contributed by atoms with E-state index in [1.807, 2.05) is 0 Å². The van der Waals surface area contributed by atoms with Crippen LogP contribution in [0.4, 0.5) is 18.9 Å². The molecule has 0 unspecified atom stereocenters. The van der Waals surface area contributed by atoms with Crippen molar-refractivity contribution in [3.8, 4) is 0 Å². The molecule has 0 bridgehead atoms. The number of fused-ring (bicyclic) bond motifs is 1. The zero-order valence-corrected chi connectivity index (χ0v) is 10.1. The molecular weight excluding hydrogens is 245 g/mol. The molecule has 0 radical (unpaired) electrons. The zero-order valence-electron chi connectivity index (χ0n) is 10.1. The van der Waals surface area contributed by atoms with E-state index in [9.17, 15) is 18.0 Å². The number of hydrogen-bond acceptors (Lipinski definition) is 2. The Kier molecular flexibility index (Phi) is 3.04. The first-order chi connectivity index (χ1) is 8.30. The first kappa shape index (κ1) is 12.9. The van der Waals surface area contributed by atoms with E-state index in [2.05, 4.69) is 10.3 Å². The Morgan fingerprint density at radius 2 is 2.00 bits per heavy atom. The molecule has 1 aliphatic rings.